The molecule has 0 aromatic heterocycles. The second-order valence-electron chi connectivity index (χ2n) is 4.54. The molecule has 0 radical (unpaired) electrons. The van der Waals surface area contributed by atoms with E-state index >= 15 is 0 Å². The van der Waals surface area contributed by atoms with Gasteiger partial charge in [-0.25, -0.2) is 0 Å². The lowest BCUT2D eigenvalue weighted by Gasteiger charge is -2.13. The van der Waals surface area contributed by atoms with E-state index in [9.17, 15) is 9.90 Å². The van der Waals surface area contributed by atoms with Crippen molar-refractivity contribution in [3.8, 4) is 11.5 Å². The highest BCUT2D eigenvalue weighted by Gasteiger charge is 2.17. The van der Waals surface area contributed by atoms with E-state index in [2.05, 4.69) is 0 Å². The first-order chi connectivity index (χ1) is 8.45. The van der Waals surface area contributed by atoms with Gasteiger partial charge in [0, 0.05) is 0 Å². The molecule has 94 valence electrons. The van der Waals surface area contributed by atoms with E-state index in [0.717, 1.165) is 16.5 Å². The lowest BCUT2D eigenvalue weighted by Crippen LogP contribution is -1.99. The smallest absolute Gasteiger partial charge is 0.163 e. The summed E-state index contributed by atoms with van der Waals surface area (Å²) in [6.45, 7) is 5.24. The summed E-state index contributed by atoms with van der Waals surface area (Å²) in [5.74, 6) is 0.453. The van der Waals surface area contributed by atoms with Crippen molar-refractivity contribution < 1.29 is 14.6 Å². The molecule has 18 heavy (non-hydrogen) atoms. The molecule has 0 spiro atoms. The second kappa shape index (κ2) is 4.33. The van der Waals surface area contributed by atoms with Gasteiger partial charge in [0.05, 0.1) is 18.1 Å². The van der Waals surface area contributed by atoms with Crippen LogP contribution in [0.2, 0.25) is 0 Å². The zero-order valence-electron chi connectivity index (χ0n) is 11.0. The first kappa shape index (κ1) is 12.4. The van der Waals surface area contributed by atoms with Crippen molar-refractivity contribution in [2.24, 2.45) is 0 Å². The number of carbonyl (C=O) groups excluding carboxylic acids is 1. The summed E-state index contributed by atoms with van der Waals surface area (Å²) in [5.41, 5.74) is 2.19. The number of rotatable bonds is 2. The molecule has 0 saturated heterocycles. The minimum Gasteiger partial charge on any atom is -0.506 e. The zero-order valence-corrected chi connectivity index (χ0v) is 11.0. The molecule has 3 nitrogen and oxygen atoms in total. The molecule has 3 heteroatoms. The highest BCUT2D eigenvalue weighted by molar-refractivity contribution is 6.07. The van der Waals surface area contributed by atoms with Crippen LogP contribution in [-0.2, 0) is 0 Å². The average Bonchev–Trinajstić information content (AvgIpc) is 2.26. The van der Waals surface area contributed by atoms with Gasteiger partial charge < -0.3 is 9.84 Å². The molecule has 2 aromatic carbocycles. The largest absolute Gasteiger partial charge is 0.506 e. The Morgan fingerprint density at radius 3 is 2.44 bits per heavy atom. The molecule has 2 rings (SSSR count). The van der Waals surface area contributed by atoms with Crippen molar-refractivity contribution in [3.05, 3.63) is 34.9 Å². The molecule has 1 N–H and O–H groups in total. The molecule has 0 unspecified atom stereocenters. The summed E-state index contributed by atoms with van der Waals surface area (Å²) in [5, 5.41) is 11.8. The van der Waals surface area contributed by atoms with Crippen LogP contribution >= 0.6 is 0 Å². The number of carbonyl (C=O) groups is 1. The first-order valence-electron chi connectivity index (χ1n) is 5.77. The van der Waals surface area contributed by atoms with E-state index < -0.39 is 0 Å². The number of phenolic OH excluding ortho intramolecular Hbond substituents is 1. The van der Waals surface area contributed by atoms with Crippen LogP contribution in [0.1, 0.15) is 28.4 Å². The van der Waals surface area contributed by atoms with Crippen LogP contribution < -0.4 is 4.74 Å². The summed E-state index contributed by atoms with van der Waals surface area (Å²) in [6, 6.07) is 5.72. The molecule has 0 bridgehead atoms. The SMILES string of the molecule is COc1cc(C)cc2cc(C)c(C(C)=O)c(O)c12. The fourth-order valence-corrected chi connectivity index (χ4v) is 2.37. The van der Waals surface area contributed by atoms with Gasteiger partial charge in [-0.15, -0.1) is 0 Å². The van der Waals surface area contributed by atoms with E-state index in [-0.39, 0.29) is 11.5 Å². The van der Waals surface area contributed by atoms with Crippen LogP contribution in [0, 0.1) is 13.8 Å². The molecule has 2 aromatic rings. The Labute approximate surface area is 106 Å². The third-order valence-corrected chi connectivity index (χ3v) is 3.09. The molecule has 0 atom stereocenters. The van der Waals surface area contributed by atoms with Crippen LogP contribution in [0.5, 0.6) is 11.5 Å². The first-order valence-corrected chi connectivity index (χ1v) is 5.77. The maximum Gasteiger partial charge on any atom is 0.163 e. The topological polar surface area (TPSA) is 46.5 Å². The molecular weight excluding hydrogens is 228 g/mol. The summed E-state index contributed by atoms with van der Waals surface area (Å²) in [6.07, 6.45) is 0. The highest BCUT2D eigenvalue weighted by atomic mass is 16.5. The van der Waals surface area contributed by atoms with Gasteiger partial charge >= 0.3 is 0 Å². The van der Waals surface area contributed by atoms with Gasteiger partial charge in [-0.2, -0.15) is 0 Å². The summed E-state index contributed by atoms with van der Waals surface area (Å²) < 4.78 is 5.29. The number of benzene rings is 2. The maximum absolute atomic E-state index is 11.6. The van der Waals surface area contributed by atoms with Gasteiger partial charge in [0.1, 0.15) is 11.5 Å². The number of aromatic hydroxyl groups is 1. The Morgan fingerprint density at radius 1 is 1.22 bits per heavy atom. The van der Waals surface area contributed by atoms with Gasteiger partial charge in [0.15, 0.2) is 5.78 Å². The van der Waals surface area contributed by atoms with Crippen LogP contribution in [0.3, 0.4) is 0 Å². The van der Waals surface area contributed by atoms with Crippen molar-refractivity contribution in [3.63, 3.8) is 0 Å². The number of Topliss-reactive ketones (excluding diaryl/α,β-unsaturated/α-hetero) is 1. The quantitative estimate of drug-likeness (QED) is 0.824. The summed E-state index contributed by atoms with van der Waals surface area (Å²) >= 11 is 0. The summed E-state index contributed by atoms with van der Waals surface area (Å²) in [7, 11) is 1.56. The third kappa shape index (κ3) is 1.82. The average molecular weight is 244 g/mol. The standard InChI is InChI=1S/C15H16O3/c1-8-5-11-7-9(2)13(10(3)16)15(17)14(11)12(6-8)18-4/h5-7,17H,1-4H3. The van der Waals surface area contributed by atoms with Crippen molar-refractivity contribution in [1.82, 2.24) is 0 Å². The minimum absolute atomic E-state index is 0.00866. The van der Waals surface area contributed by atoms with E-state index in [1.54, 1.807) is 7.11 Å². The number of hydrogen-bond acceptors (Lipinski definition) is 3. The Hall–Kier alpha value is -2.03. The Bertz CT molecular complexity index is 642. The molecule has 0 aliphatic carbocycles. The third-order valence-electron chi connectivity index (χ3n) is 3.09. The van der Waals surface area contributed by atoms with E-state index in [4.69, 9.17) is 4.74 Å². The molecule has 0 fully saturated rings. The van der Waals surface area contributed by atoms with Crippen molar-refractivity contribution in [1.29, 1.82) is 0 Å². The predicted octanol–water partition coefficient (Wildman–Crippen LogP) is 3.37. The van der Waals surface area contributed by atoms with Crippen LogP contribution in [0.4, 0.5) is 0 Å². The molecule has 0 aliphatic rings. The minimum atomic E-state index is -0.144. The molecule has 0 heterocycles. The maximum atomic E-state index is 11.6. The molecule has 0 aliphatic heterocycles. The van der Waals surface area contributed by atoms with Crippen LogP contribution in [0.15, 0.2) is 18.2 Å². The number of aryl methyl sites for hydroxylation is 2. The monoisotopic (exact) mass is 244 g/mol. The second-order valence-corrected chi connectivity index (χ2v) is 4.54. The fourth-order valence-electron chi connectivity index (χ4n) is 2.37. The van der Waals surface area contributed by atoms with E-state index in [1.165, 1.54) is 6.92 Å². The predicted molar refractivity (Wildman–Crippen MR) is 71.6 cm³/mol. The molecule has 0 saturated carbocycles. The van der Waals surface area contributed by atoms with Gasteiger partial charge in [-0.05, 0) is 43.4 Å². The number of ketones is 1. The summed E-state index contributed by atoms with van der Waals surface area (Å²) in [4.78, 5) is 11.6. The lowest BCUT2D eigenvalue weighted by atomic mass is 9.96. The van der Waals surface area contributed by atoms with Gasteiger partial charge in [0.25, 0.3) is 0 Å². The van der Waals surface area contributed by atoms with Crippen molar-refractivity contribution >= 4 is 16.6 Å². The highest BCUT2D eigenvalue weighted by Crippen LogP contribution is 2.38. The fraction of sp³-hybridized carbons (Fsp3) is 0.267. The van der Waals surface area contributed by atoms with Crippen LogP contribution in [-0.4, -0.2) is 18.0 Å². The Kier molecular flexibility index (Phi) is 2.99. The number of fused-ring (bicyclic) bond motifs is 1. The Balaban J connectivity index is 2.96. The molecular formula is C15H16O3. The van der Waals surface area contributed by atoms with Crippen LogP contribution in [0.25, 0.3) is 10.8 Å². The van der Waals surface area contributed by atoms with Gasteiger partial charge in [0.2, 0.25) is 0 Å². The van der Waals surface area contributed by atoms with E-state index in [1.807, 2.05) is 32.0 Å². The normalized spacial score (nSPS) is 10.7. The molecule has 0 amide bonds. The van der Waals surface area contributed by atoms with Crippen molar-refractivity contribution in [2.45, 2.75) is 20.8 Å². The van der Waals surface area contributed by atoms with E-state index in [0.29, 0.717) is 16.7 Å². The zero-order chi connectivity index (χ0) is 13.4. The number of phenols is 1. The number of ether oxygens (including phenoxy) is 1. The number of hydrogen-bond donors (Lipinski definition) is 1. The lowest BCUT2D eigenvalue weighted by molar-refractivity contribution is 0.101. The number of methoxy groups -OCH3 is 1. The Morgan fingerprint density at radius 2 is 1.89 bits per heavy atom. The van der Waals surface area contributed by atoms with Gasteiger partial charge in [-0.1, -0.05) is 12.1 Å². The van der Waals surface area contributed by atoms with Crippen molar-refractivity contribution in [2.75, 3.05) is 7.11 Å². The van der Waals surface area contributed by atoms with Gasteiger partial charge in [-0.3, -0.25) is 4.79 Å².